The van der Waals surface area contributed by atoms with Crippen LogP contribution in [0.4, 0.5) is 5.82 Å². The van der Waals surface area contributed by atoms with Gasteiger partial charge in [0.05, 0.1) is 17.0 Å². The number of ether oxygens (including phenoxy) is 1. The average Bonchev–Trinajstić information content (AvgIpc) is 3.42. The molecule has 0 amide bonds. The zero-order valence-corrected chi connectivity index (χ0v) is 16.2. The molecule has 6 heteroatoms. The second-order valence-electron chi connectivity index (χ2n) is 7.38. The van der Waals surface area contributed by atoms with Gasteiger partial charge in [-0.25, -0.2) is 9.97 Å². The predicted molar refractivity (Wildman–Crippen MR) is 110 cm³/mol. The molecule has 27 heavy (non-hydrogen) atoms. The third-order valence-corrected chi connectivity index (χ3v) is 6.40. The van der Waals surface area contributed by atoms with Gasteiger partial charge in [0, 0.05) is 44.7 Å². The summed E-state index contributed by atoms with van der Waals surface area (Å²) in [5.41, 5.74) is 1.02. The number of rotatable bonds is 4. The first-order valence-electron chi connectivity index (χ1n) is 9.72. The quantitative estimate of drug-likeness (QED) is 0.693. The summed E-state index contributed by atoms with van der Waals surface area (Å²) in [5.74, 6) is 2.62. The molecule has 5 rings (SSSR count). The number of anilines is 1. The average molecular weight is 381 g/mol. The van der Waals surface area contributed by atoms with E-state index in [2.05, 4.69) is 51.6 Å². The minimum Gasteiger partial charge on any atom is -0.381 e. The molecule has 2 fully saturated rings. The maximum absolute atomic E-state index is 5.53. The Morgan fingerprint density at radius 3 is 2.70 bits per heavy atom. The van der Waals surface area contributed by atoms with Crippen LogP contribution in [0.5, 0.6) is 0 Å². The number of piperazine rings is 1. The molecule has 140 valence electrons. The molecule has 0 saturated carbocycles. The topological polar surface area (TPSA) is 41.5 Å². The summed E-state index contributed by atoms with van der Waals surface area (Å²) in [5, 5.41) is 3.23. The van der Waals surface area contributed by atoms with Gasteiger partial charge in [0.25, 0.3) is 0 Å². The number of aromatic nitrogens is 2. The minimum atomic E-state index is 0.710. The summed E-state index contributed by atoms with van der Waals surface area (Å²) in [4.78, 5) is 15.9. The van der Waals surface area contributed by atoms with E-state index in [0.717, 1.165) is 66.8 Å². The van der Waals surface area contributed by atoms with Gasteiger partial charge in [-0.2, -0.15) is 0 Å². The fraction of sp³-hybridized carbons (Fsp3) is 0.429. The van der Waals surface area contributed by atoms with E-state index in [4.69, 9.17) is 14.7 Å². The molecular weight excluding hydrogens is 356 g/mol. The normalized spacial score (nSPS) is 21.2. The molecule has 3 aromatic rings. The second-order valence-corrected chi connectivity index (χ2v) is 8.33. The van der Waals surface area contributed by atoms with Crippen LogP contribution in [0.2, 0.25) is 0 Å². The Morgan fingerprint density at radius 2 is 1.93 bits per heavy atom. The first-order chi connectivity index (χ1) is 13.4. The lowest BCUT2D eigenvalue weighted by atomic mass is 10.1. The number of benzene rings is 1. The van der Waals surface area contributed by atoms with Crippen LogP contribution in [-0.4, -0.2) is 60.8 Å². The molecule has 4 heterocycles. The van der Waals surface area contributed by atoms with E-state index in [9.17, 15) is 0 Å². The van der Waals surface area contributed by atoms with Crippen LogP contribution < -0.4 is 4.90 Å². The van der Waals surface area contributed by atoms with Crippen molar-refractivity contribution in [3.8, 4) is 10.7 Å². The van der Waals surface area contributed by atoms with Crippen LogP contribution >= 0.6 is 11.3 Å². The van der Waals surface area contributed by atoms with Gasteiger partial charge in [-0.3, -0.25) is 4.90 Å². The van der Waals surface area contributed by atoms with E-state index in [-0.39, 0.29) is 0 Å². The maximum atomic E-state index is 5.53. The zero-order valence-electron chi connectivity index (χ0n) is 15.4. The van der Waals surface area contributed by atoms with E-state index >= 15 is 0 Å². The fourth-order valence-electron chi connectivity index (χ4n) is 4.05. The Hall–Kier alpha value is -2.02. The highest BCUT2D eigenvalue weighted by Crippen LogP contribution is 2.30. The van der Waals surface area contributed by atoms with E-state index in [0.29, 0.717) is 5.92 Å². The van der Waals surface area contributed by atoms with Gasteiger partial charge in [0.1, 0.15) is 5.82 Å². The first-order valence-corrected chi connectivity index (χ1v) is 10.6. The third-order valence-electron chi connectivity index (χ3n) is 5.54. The van der Waals surface area contributed by atoms with Crippen LogP contribution in [0.25, 0.3) is 21.6 Å². The van der Waals surface area contributed by atoms with Gasteiger partial charge >= 0.3 is 0 Å². The summed E-state index contributed by atoms with van der Waals surface area (Å²) in [6, 6.07) is 12.5. The van der Waals surface area contributed by atoms with E-state index in [1.807, 2.05) is 0 Å². The largest absolute Gasteiger partial charge is 0.381 e. The number of nitrogens with zero attached hydrogens (tertiary/aromatic N) is 4. The number of hydrogen-bond donors (Lipinski definition) is 0. The lowest BCUT2D eigenvalue weighted by Gasteiger charge is -2.36. The predicted octanol–water partition coefficient (Wildman–Crippen LogP) is 3.52. The van der Waals surface area contributed by atoms with Gasteiger partial charge in [-0.1, -0.05) is 18.2 Å². The van der Waals surface area contributed by atoms with Gasteiger partial charge in [0.2, 0.25) is 0 Å². The molecule has 2 aliphatic heterocycles. The highest BCUT2D eigenvalue weighted by atomic mass is 32.1. The fourth-order valence-corrected chi connectivity index (χ4v) is 4.71. The van der Waals surface area contributed by atoms with Crippen LogP contribution in [0, 0.1) is 5.92 Å². The monoisotopic (exact) mass is 380 g/mol. The summed E-state index contributed by atoms with van der Waals surface area (Å²) >= 11 is 1.69. The van der Waals surface area contributed by atoms with Gasteiger partial charge in [0.15, 0.2) is 5.82 Å². The van der Waals surface area contributed by atoms with Gasteiger partial charge in [-0.15, -0.1) is 11.3 Å². The van der Waals surface area contributed by atoms with Crippen molar-refractivity contribution in [1.82, 2.24) is 14.9 Å². The Labute approximate surface area is 163 Å². The number of hydrogen-bond acceptors (Lipinski definition) is 6. The Balaban J connectivity index is 1.39. The Morgan fingerprint density at radius 1 is 1.04 bits per heavy atom. The molecule has 0 bridgehead atoms. The van der Waals surface area contributed by atoms with Crippen molar-refractivity contribution in [2.45, 2.75) is 6.42 Å². The van der Waals surface area contributed by atoms with Crippen LogP contribution in [-0.2, 0) is 4.74 Å². The summed E-state index contributed by atoms with van der Waals surface area (Å²) < 4.78 is 5.53. The van der Waals surface area contributed by atoms with E-state index in [1.165, 1.54) is 13.0 Å². The number of fused-ring (bicyclic) bond motifs is 1. The molecule has 2 saturated heterocycles. The zero-order chi connectivity index (χ0) is 18.1. The van der Waals surface area contributed by atoms with Crippen LogP contribution in [0.1, 0.15) is 6.42 Å². The van der Waals surface area contributed by atoms with Crippen molar-refractivity contribution < 1.29 is 4.74 Å². The van der Waals surface area contributed by atoms with Crippen molar-refractivity contribution in [3.63, 3.8) is 0 Å². The van der Waals surface area contributed by atoms with Crippen molar-refractivity contribution in [1.29, 1.82) is 0 Å². The summed E-state index contributed by atoms with van der Waals surface area (Å²) in [6.07, 6.45) is 1.21. The molecule has 2 aromatic heterocycles. The van der Waals surface area contributed by atoms with Crippen molar-refractivity contribution in [2.75, 3.05) is 50.8 Å². The molecular formula is C21H24N4OS. The van der Waals surface area contributed by atoms with Gasteiger partial charge in [-0.05, 0) is 35.9 Å². The SMILES string of the molecule is c1csc(-c2nc(N3CCN(CC4CCOC4)CC3)c3ccccc3n2)c1. The summed E-state index contributed by atoms with van der Waals surface area (Å²) in [7, 11) is 0. The molecule has 1 atom stereocenters. The van der Waals surface area contributed by atoms with E-state index < -0.39 is 0 Å². The maximum Gasteiger partial charge on any atom is 0.172 e. The van der Waals surface area contributed by atoms with Crippen molar-refractivity contribution in [3.05, 3.63) is 41.8 Å². The van der Waals surface area contributed by atoms with Gasteiger partial charge < -0.3 is 9.64 Å². The van der Waals surface area contributed by atoms with Crippen molar-refractivity contribution >= 4 is 28.1 Å². The Kier molecular flexibility index (Phi) is 4.78. The molecule has 1 aromatic carbocycles. The van der Waals surface area contributed by atoms with Crippen molar-refractivity contribution in [2.24, 2.45) is 5.92 Å². The molecule has 0 spiro atoms. The molecule has 0 aliphatic carbocycles. The lowest BCUT2D eigenvalue weighted by molar-refractivity contribution is 0.164. The highest BCUT2D eigenvalue weighted by Gasteiger charge is 2.24. The highest BCUT2D eigenvalue weighted by molar-refractivity contribution is 7.13. The molecule has 0 radical (unpaired) electrons. The minimum absolute atomic E-state index is 0.710. The molecule has 5 nitrogen and oxygen atoms in total. The molecule has 1 unspecified atom stereocenters. The lowest BCUT2D eigenvalue weighted by Crippen LogP contribution is -2.48. The van der Waals surface area contributed by atoms with E-state index in [1.54, 1.807) is 11.3 Å². The number of para-hydroxylation sites is 1. The third kappa shape index (κ3) is 3.57. The Bertz CT molecular complexity index is 900. The molecule has 0 N–H and O–H groups in total. The standard InChI is InChI=1S/C21H24N4OS/c1-2-5-18-17(4-1)21(23-20(22-18)19-6-3-13-27-19)25-10-8-24(9-11-25)14-16-7-12-26-15-16/h1-6,13,16H,7-12,14-15H2. The smallest absolute Gasteiger partial charge is 0.172 e. The number of thiophene rings is 1. The second kappa shape index (κ2) is 7.54. The van der Waals surface area contributed by atoms with Crippen LogP contribution in [0.15, 0.2) is 41.8 Å². The first kappa shape index (κ1) is 17.1. The van der Waals surface area contributed by atoms with Crippen LogP contribution in [0.3, 0.4) is 0 Å². The summed E-state index contributed by atoms with van der Waals surface area (Å²) in [6.45, 7) is 7.23. The molecule has 2 aliphatic rings.